The first kappa shape index (κ1) is 23.0. The number of hydrogen-bond donors (Lipinski definition) is 2. The molecule has 2 aromatic rings. The maximum Gasteiger partial charge on any atom is 0.340 e. The molecule has 0 saturated heterocycles. The topological polar surface area (TPSA) is 92.7 Å². The quantitative estimate of drug-likeness (QED) is 0.645. The number of aliphatic hydroxyl groups is 1. The Bertz CT molecular complexity index is 1100. The van der Waals surface area contributed by atoms with E-state index in [2.05, 4.69) is 25.5 Å². The molecular weight excluding hydrogens is 426 g/mol. The van der Waals surface area contributed by atoms with Crippen molar-refractivity contribution in [2.45, 2.75) is 63.7 Å². The molecule has 2 fully saturated rings. The van der Waals surface area contributed by atoms with E-state index >= 15 is 0 Å². The second-order valence-electron chi connectivity index (χ2n) is 9.92. The lowest BCUT2D eigenvalue weighted by molar-refractivity contribution is -0.168. The fourth-order valence-electron chi connectivity index (χ4n) is 5.58. The number of sulfonamides is 1. The van der Waals surface area contributed by atoms with Gasteiger partial charge in [0, 0.05) is 5.41 Å². The van der Waals surface area contributed by atoms with Crippen LogP contribution in [0.1, 0.15) is 50.8 Å². The third kappa shape index (κ3) is 3.66. The van der Waals surface area contributed by atoms with Gasteiger partial charge in [0.25, 0.3) is 0 Å². The van der Waals surface area contributed by atoms with Crippen molar-refractivity contribution in [2.75, 3.05) is 0 Å². The van der Waals surface area contributed by atoms with Crippen molar-refractivity contribution in [3.8, 4) is 0 Å². The van der Waals surface area contributed by atoms with Crippen molar-refractivity contribution >= 4 is 16.0 Å². The van der Waals surface area contributed by atoms with E-state index in [4.69, 9.17) is 4.74 Å². The SMILES string of the molecule is Cc1ccc(S(=O)(=O)N[C@@H]2[C@H]3CC[C@@](C)([C@@H]2OC(=O)[C@@H](O)c2ccccc2)C3(C)C)cc1. The molecule has 2 N–H and O–H groups in total. The number of nitrogens with one attached hydrogen (secondary N) is 1. The largest absolute Gasteiger partial charge is 0.458 e. The van der Waals surface area contributed by atoms with E-state index in [1.807, 2.05) is 6.92 Å². The van der Waals surface area contributed by atoms with Gasteiger partial charge in [0.15, 0.2) is 6.10 Å². The molecule has 0 spiro atoms. The number of aryl methyl sites for hydroxylation is 1. The third-order valence-electron chi connectivity index (χ3n) is 7.97. The molecule has 5 atom stereocenters. The van der Waals surface area contributed by atoms with Crippen LogP contribution in [0.25, 0.3) is 0 Å². The Balaban J connectivity index is 1.63. The van der Waals surface area contributed by atoms with E-state index in [1.165, 1.54) is 0 Å². The molecule has 2 aromatic carbocycles. The Hall–Kier alpha value is -2.22. The summed E-state index contributed by atoms with van der Waals surface area (Å²) in [6.45, 7) is 8.18. The minimum atomic E-state index is -3.80. The van der Waals surface area contributed by atoms with Crippen LogP contribution in [-0.2, 0) is 19.6 Å². The van der Waals surface area contributed by atoms with E-state index in [9.17, 15) is 18.3 Å². The predicted octanol–water partition coefficient (Wildman–Crippen LogP) is 3.74. The molecule has 2 aliphatic rings. The number of aliphatic hydroxyl groups excluding tert-OH is 1. The summed E-state index contributed by atoms with van der Waals surface area (Å²) in [5.74, 6) is -0.746. The number of carbonyl (C=O) groups excluding carboxylic acids is 1. The molecule has 4 rings (SSSR count). The van der Waals surface area contributed by atoms with Crippen LogP contribution in [-0.4, -0.2) is 31.6 Å². The van der Waals surface area contributed by atoms with Gasteiger partial charge in [-0.2, -0.15) is 0 Å². The number of hydrogen-bond acceptors (Lipinski definition) is 5. The summed E-state index contributed by atoms with van der Waals surface area (Å²) < 4.78 is 35.1. The number of esters is 1. The molecule has 7 heteroatoms. The fraction of sp³-hybridized carbons (Fsp3) is 0.480. The lowest BCUT2D eigenvalue weighted by Crippen LogP contribution is -2.51. The third-order valence-corrected chi connectivity index (χ3v) is 9.44. The van der Waals surface area contributed by atoms with Crippen LogP contribution >= 0.6 is 0 Å². The van der Waals surface area contributed by atoms with Crippen molar-refractivity contribution in [3.05, 3.63) is 65.7 Å². The van der Waals surface area contributed by atoms with Gasteiger partial charge >= 0.3 is 5.97 Å². The normalized spacial score (nSPS) is 29.6. The lowest BCUT2D eigenvalue weighted by atomic mass is 9.70. The minimum Gasteiger partial charge on any atom is -0.458 e. The average molecular weight is 458 g/mol. The van der Waals surface area contributed by atoms with E-state index in [1.54, 1.807) is 54.6 Å². The number of fused-ring (bicyclic) bond motifs is 2. The van der Waals surface area contributed by atoms with Crippen molar-refractivity contribution in [1.29, 1.82) is 0 Å². The maximum absolute atomic E-state index is 13.2. The second-order valence-corrected chi connectivity index (χ2v) is 11.6. The molecule has 32 heavy (non-hydrogen) atoms. The number of ether oxygens (including phenoxy) is 1. The van der Waals surface area contributed by atoms with Gasteiger partial charge in [-0.3, -0.25) is 0 Å². The fourth-order valence-corrected chi connectivity index (χ4v) is 6.86. The van der Waals surface area contributed by atoms with Crippen LogP contribution in [0.3, 0.4) is 0 Å². The van der Waals surface area contributed by atoms with Gasteiger partial charge < -0.3 is 9.84 Å². The number of benzene rings is 2. The highest BCUT2D eigenvalue weighted by molar-refractivity contribution is 7.89. The Kier molecular flexibility index (Phi) is 5.72. The molecule has 2 saturated carbocycles. The molecule has 2 aliphatic carbocycles. The van der Waals surface area contributed by atoms with Gasteiger partial charge in [-0.15, -0.1) is 0 Å². The number of rotatable bonds is 6. The van der Waals surface area contributed by atoms with E-state index < -0.39 is 39.7 Å². The highest BCUT2D eigenvalue weighted by atomic mass is 32.2. The monoisotopic (exact) mass is 457 g/mol. The predicted molar refractivity (Wildman–Crippen MR) is 121 cm³/mol. The van der Waals surface area contributed by atoms with Crippen LogP contribution in [0.15, 0.2) is 59.5 Å². The molecule has 0 unspecified atom stereocenters. The van der Waals surface area contributed by atoms with Crippen LogP contribution < -0.4 is 4.72 Å². The molecule has 0 amide bonds. The van der Waals surface area contributed by atoms with Crippen molar-refractivity contribution in [1.82, 2.24) is 4.72 Å². The van der Waals surface area contributed by atoms with E-state index in [0.29, 0.717) is 5.56 Å². The van der Waals surface area contributed by atoms with Gasteiger partial charge in [0.1, 0.15) is 6.10 Å². The van der Waals surface area contributed by atoms with Gasteiger partial charge in [0.05, 0.1) is 10.9 Å². The Morgan fingerprint density at radius 1 is 1.09 bits per heavy atom. The lowest BCUT2D eigenvalue weighted by Gasteiger charge is -2.39. The van der Waals surface area contributed by atoms with Crippen LogP contribution in [0.4, 0.5) is 0 Å². The molecular formula is C25H31NO5S. The zero-order chi connectivity index (χ0) is 23.3. The van der Waals surface area contributed by atoms with Gasteiger partial charge in [-0.1, -0.05) is 68.8 Å². The van der Waals surface area contributed by atoms with Crippen molar-refractivity contribution < 1.29 is 23.1 Å². The van der Waals surface area contributed by atoms with Crippen LogP contribution in [0, 0.1) is 23.7 Å². The van der Waals surface area contributed by atoms with Gasteiger partial charge in [-0.05, 0) is 48.8 Å². The molecule has 0 radical (unpaired) electrons. The average Bonchev–Trinajstić information content (AvgIpc) is 3.07. The Labute approximate surface area is 190 Å². The van der Waals surface area contributed by atoms with Crippen molar-refractivity contribution in [2.24, 2.45) is 16.7 Å². The molecule has 0 aliphatic heterocycles. The van der Waals surface area contributed by atoms with Gasteiger partial charge in [0.2, 0.25) is 10.0 Å². The summed E-state index contributed by atoms with van der Waals surface area (Å²) in [6.07, 6.45) is -0.425. The standard InChI is InChI=1S/C25H31NO5S/c1-16-10-12-18(13-11-16)32(29,30)26-20-19-14-15-25(4,24(19,2)3)22(20)31-23(28)21(27)17-8-6-5-7-9-17/h5-13,19-22,26-27H,14-15H2,1-4H3/t19-,20-,21+,22-,25+/m1/s1. The summed E-state index contributed by atoms with van der Waals surface area (Å²) >= 11 is 0. The van der Waals surface area contributed by atoms with E-state index in [0.717, 1.165) is 18.4 Å². The molecule has 2 bridgehead atoms. The first-order valence-corrected chi connectivity index (χ1v) is 12.5. The van der Waals surface area contributed by atoms with Gasteiger partial charge in [-0.25, -0.2) is 17.9 Å². The highest BCUT2D eigenvalue weighted by Gasteiger charge is 2.68. The Morgan fingerprint density at radius 3 is 2.34 bits per heavy atom. The second kappa shape index (κ2) is 7.97. The summed E-state index contributed by atoms with van der Waals surface area (Å²) in [5, 5.41) is 10.5. The van der Waals surface area contributed by atoms with E-state index in [-0.39, 0.29) is 16.2 Å². The molecule has 0 heterocycles. The van der Waals surface area contributed by atoms with Crippen LogP contribution in [0.2, 0.25) is 0 Å². The summed E-state index contributed by atoms with van der Waals surface area (Å²) in [7, 11) is -3.80. The number of carbonyl (C=O) groups is 1. The maximum atomic E-state index is 13.2. The molecule has 6 nitrogen and oxygen atoms in total. The molecule has 0 aromatic heterocycles. The Morgan fingerprint density at radius 2 is 1.72 bits per heavy atom. The minimum absolute atomic E-state index is 0.0133. The smallest absolute Gasteiger partial charge is 0.340 e. The molecule has 172 valence electrons. The summed E-state index contributed by atoms with van der Waals surface area (Å²) in [5.41, 5.74) is 0.765. The highest BCUT2D eigenvalue weighted by Crippen LogP contribution is 2.66. The zero-order valence-corrected chi connectivity index (χ0v) is 19.7. The zero-order valence-electron chi connectivity index (χ0n) is 18.9. The summed E-state index contributed by atoms with van der Waals surface area (Å²) in [4.78, 5) is 13.1. The summed E-state index contributed by atoms with van der Waals surface area (Å²) in [6, 6.07) is 14.7. The van der Waals surface area contributed by atoms with Crippen LogP contribution in [0.5, 0.6) is 0 Å². The first-order valence-electron chi connectivity index (χ1n) is 11.0. The van der Waals surface area contributed by atoms with Crippen molar-refractivity contribution in [3.63, 3.8) is 0 Å². The first-order chi connectivity index (χ1) is 15.0.